The average Bonchev–Trinajstić information content (AvgIpc) is 2.63. The van der Waals surface area contributed by atoms with Gasteiger partial charge in [0.1, 0.15) is 6.04 Å². The number of hydrogen-bond acceptors (Lipinski definition) is 5. The van der Waals surface area contributed by atoms with Gasteiger partial charge in [-0.25, -0.2) is 4.79 Å². The van der Waals surface area contributed by atoms with E-state index in [9.17, 15) is 19.2 Å². The fraction of sp³-hybridized carbons (Fsp3) is 0.600. The Labute approximate surface area is 103 Å². The highest BCUT2D eigenvalue weighted by molar-refractivity contribution is 6.02. The lowest BCUT2D eigenvalue weighted by Crippen LogP contribution is -2.44. The Morgan fingerprint density at radius 3 is 2.28 bits per heavy atom. The second-order valence-corrected chi connectivity index (χ2v) is 3.83. The first-order valence-corrected chi connectivity index (χ1v) is 5.42. The zero-order chi connectivity index (χ0) is 13.7. The van der Waals surface area contributed by atoms with E-state index in [0.29, 0.717) is 0 Å². The second kappa shape index (κ2) is 6.10. The third-order valence-electron chi connectivity index (χ3n) is 2.53. The molecule has 1 fully saturated rings. The van der Waals surface area contributed by atoms with Crippen molar-refractivity contribution in [2.24, 2.45) is 0 Å². The van der Waals surface area contributed by atoms with E-state index in [0.717, 1.165) is 4.90 Å². The van der Waals surface area contributed by atoms with E-state index in [1.165, 1.54) is 0 Å². The van der Waals surface area contributed by atoms with Gasteiger partial charge in [0.25, 0.3) is 0 Å². The molecule has 0 unspecified atom stereocenters. The summed E-state index contributed by atoms with van der Waals surface area (Å²) in [6.07, 6.45) is 0.116. The van der Waals surface area contributed by atoms with E-state index in [1.54, 1.807) is 0 Å². The summed E-state index contributed by atoms with van der Waals surface area (Å²) in [5.41, 5.74) is 0. The summed E-state index contributed by atoms with van der Waals surface area (Å²) in [6.45, 7) is -0.788. The molecule has 1 heterocycles. The minimum atomic E-state index is -1.37. The van der Waals surface area contributed by atoms with Crippen LogP contribution in [0.3, 0.4) is 0 Å². The van der Waals surface area contributed by atoms with E-state index in [4.69, 9.17) is 10.2 Å². The minimum absolute atomic E-state index is 0.0682. The molecule has 0 aliphatic carbocycles. The molecule has 1 aliphatic rings. The van der Waals surface area contributed by atoms with Crippen LogP contribution in [0, 0.1) is 0 Å². The molecule has 0 bridgehead atoms. The van der Waals surface area contributed by atoms with Crippen LogP contribution in [0.1, 0.15) is 19.3 Å². The number of rotatable bonds is 6. The number of amides is 3. The smallest absolute Gasteiger partial charge is 0.328 e. The Morgan fingerprint density at radius 1 is 1.28 bits per heavy atom. The van der Waals surface area contributed by atoms with Crippen molar-refractivity contribution >= 4 is 23.7 Å². The van der Waals surface area contributed by atoms with Gasteiger partial charge in [-0.3, -0.25) is 19.3 Å². The van der Waals surface area contributed by atoms with Crippen LogP contribution in [0.2, 0.25) is 0 Å². The maximum atomic E-state index is 11.4. The van der Waals surface area contributed by atoms with Crippen LogP contribution in [0.15, 0.2) is 0 Å². The molecule has 3 N–H and O–H groups in total. The van der Waals surface area contributed by atoms with Gasteiger partial charge in [-0.2, -0.15) is 0 Å². The molecule has 1 saturated heterocycles. The van der Waals surface area contributed by atoms with Crippen molar-refractivity contribution in [1.82, 2.24) is 10.2 Å². The molecule has 8 nitrogen and oxygen atoms in total. The number of carboxylic acid groups (broad SMARTS) is 1. The molecular formula is C10H14N2O6. The number of carbonyl (C=O) groups excluding carboxylic acids is 3. The molecular weight excluding hydrogens is 244 g/mol. The molecule has 0 saturated carbocycles. The van der Waals surface area contributed by atoms with Crippen molar-refractivity contribution in [1.29, 1.82) is 0 Å². The first-order valence-electron chi connectivity index (χ1n) is 5.42. The molecule has 1 atom stereocenters. The van der Waals surface area contributed by atoms with Crippen LogP contribution in [0.25, 0.3) is 0 Å². The third-order valence-corrected chi connectivity index (χ3v) is 2.53. The highest BCUT2D eigenvalue weighted by atomic mass is 16.4. The summed E-state index contributed by atoms with van der Waals surface area (Å²) in [4.78, 5) is 45.3. The van der Waals surface area contributed by atoms with Crippen LogP contribution in [-0.4, -0.2) is 58.0 Å². The molecule has 0 aromatic rings. The first-order chi connectivity index (χ1) is 8.45. The predicted octanol–water partition coefficient (Wildman–Crippen LogP) is -1.91. The molecule has 0 aromatic heterocycles. The van der Waals surface area contributed by atoms with E-state index in [1.807, 2.05) is 0 Å². The lowest BCUT2D eigenvalue weighted by atomic mass is 10.3. The van der Waals surface area contributed by atoms with Crippen molar-refractivity contribution in [2.75, 3.05) is 13.2 Å². The summed E-state index contributed by atoms with van der Waals surface area (Å²) >= 11 is 0. The summed E-state index contributed by atoms with van der Waals surface area (Å²) in [7, 11) is 0. The van der Waals surface area contributed by atoms with Gasteiger partial charge in [0.15, 0.2) is 0 Å². The van der Waals surface area contributed by atoms with Crippen molar-refractivity contribution in [3.05, 3.63) is 0 Å². The van der Waals surface area contributed by atoms with Crippen LogP contribution >= 0.6 is 0 Å². The summed E-state index contributed by atoms with van der Waals surface area (Å²) in [5, 5.41) is 19.4. The van der Waals surface area contributed by atoms with Gasteiger partial charge in [0, 0.05) is 25.8 Å². The standard InChI is InChI=1S/C10H14N2O6/c13-5-6(10(17)18)11-7(14)3-4-12-8(15)1-2-9(12)16/h6,13H,1-5H2,(H,11,14)(H,17,18)/t6-/m0/s1. The fourth-order valence-electron chi connectivity index (χ4n) is 1.54. The lowest BCUT2D eigenvalue weighted by Gasteiger charge is -2.15. The van der Waals surface area contributed by atoms with Gasteiger partial charge in [-0.05, 0) is 0 Å². The van der Waals surface area contributed by atoms with Crippen molar-refractivity contribution < 1.29 is 29.4 Å². The summed E-state index contributed by atoms with van der Waals surface area (Å²) in [5.74, 6) is -2.64. The molecule has 3 amide bonds. The predicted molar refractivity (Wildman–Crippen MR) is 57.2 cm³/mol. The Kier molecular flexibility index (Phi) is 4.78. The zero-order valence-corrected chi connectivity index (χ0v) is 9.59. The van der Waals surface area contributed by atoms with Gasteiger partial charge < -0.3 is 15.5 Å². The molecule has 0 aromatic carbocycles. The first kappa shape index (κ1) is 14.1. The van der Waals surface area contributed by atoms with Gasteiger partial charge >= 0.3 is 5.97 Å². The number of carbonyl (C=O) groups is 4. The van der Waals surface area contributed by atoms with Crippen LogP contribution in [-0.2, 0) is 19.2 Å². The third kappa shape index (κ3) is 3.52. The zero-order valence-electron chi connectivity index (χ0n) is 9.59. The van der Waals surface area contributed by atoms with E-state index in [2.05, 4.69) is 5.32 Å². The quantitative estimate of drug-likeness (QED) is 0.477. The SMILES string of the molecule is O=C(CCN1C(=O)CCC1=O)N[C@@H](CO)C(=O)O. The summed E-state index contributed by atoms with van der Waals surface area (Å²) < 4.78 is 0. The van der Waals surface area contributed by atoms with Gasteiger partial charge in [-0.15, -0.1) is 0 Å². The average molecular weight is 258 g/mol. The number of nitrogens with one attached hydrogen (secondary N) is 1. The van der Waals surface area contributed by atoms with E-state index < -0.39 is 24.5 Å². The topological polar surface area (TPSA) is 124 Å². The normalized spacial score (nSPS) is 16.8. The number of carboxylic acids is 1. The van der Waals surface area contributed by atoms with Crippen molar-refractivity contribution in [2.45, 2.75) is 25.3 Å². The van der Waals surface area contributed by atoms with Crippen molar-refractivity contribution in [3.8, 4) is 0 Å². The number of aliphatic hydroxyl groups is 1. The van der Waals surface area contributed by atoms with Gasteiger partial charge in [-0.1, -0.05) is 0 Å². The van der Waals surface area contributed by atoms with Gasteiger partial charge in [0.05, 0.1) is 6.61 Å². The molecule has 1 rings (SSSR count). The number of imide groups is 1. The highest BCUT2D eigenvalue weighted by Gasteiger charge is 2.29. The number of likely N-dealkylation sites (tertiary alicyclic amines) is 1. The Bertz CT molecular complexity index is 365. The number of hydrogen-bond donors (Lipinski definition) is 3. The fourth-order valence-corrected chi connectivity index (χ4v) is 1.54. The maximum Gasteiger partial charge on any atom is 0.328 e. The van der Waals surface area contributed by atoms with Crippen LogP contribution in [0.5, 0.6) is 0 Å². The Hall–Kier alpha value is -1.96. The second-order valence-electron chi connectivity index (χ2n) is 3.83. The van der Waals surface area contributed by atoms with Crippen LogP contribution in [0.4, 0.5) is 0 Å². The number of aliphatic carboxylic acids is 1. The molecule has 0 radical (unpaired) electrons. The molecule has 1 aliphatic heterocycles. The molecule has 100 valence electrons. The van der Waals surface area contributed by atoms with Crippen LogP contribution < -0.4 is 5.32 Å². The van der Waals surface area contributed by atoms with Gasteiger partial charge in [0.2, 0.25) is 17.7 Å². The van der Waals surface area contributed by atoms with E-state index in [-0.39, 0.29) is 37.6 Å². The monoisotopic (exact) mass is 258 g/mol. The van der Waals surface area contributed by atoms with E-state index >= 15 is 0 Å². The van der Waals surface area contributed by atoms with Crippen molar-refractivity contribution in [3.63, 3.8) is 0 Å². The highest BCUT2D eigenvalue weighted by Crippen LogP contribution is 2.11. The largest absolute Gasteiger partial charge is 0.480 e. The maximum absolute atomic E-state index is 11.4. The summed E-state index contributed by atoms with van der Waals surface area (Å²) in [6, 6.07) is -1.37. The molecule has 8 heteroatoms. The number of nitrogens with zero attached hydrogens (tertiary/aromatic N) is 1. The molecule has 18 heavy (non-hydrogen) atoms. The number of aliphatic hydroxyl groups excluding tert-OH is 1. The minimum Gasteiger partial charge on any atom is -0.480 e. The Balaban J connectivity index is 2.39. The Morgan fingerprint density at radius 2 is 1.83 bits per heavy atom. The molecule has 0 spiro atoms. The lowest BCUT2D eigenvalue weighted by molar-refractivity contribution is -0.144.